The van der Waals surface area contributed by atoms with E-state index in [-0.39, 0.29) is 17.7 Å². The van der Waals surface area contributed by atoms with Gasteiger partial charge in [0, 0.05) is 20.1 Å². The van der Waals surface area contributed by atoms with E-state index in [4.69, 9.17) is 22.1 Å². The van der Waals surface area contributed by atoms with Gasteiger partial charge in [0.05, 0.1) is 22.0 Å². The van der Waals surface area contributed by atoms with E-state index in [2.05, 4.69) is 4.98 Å². The number of fused-ring (bicyclic) bond motifs is 1. The number of aromatic nitrogens is 2. The number of halogens is 1. The Balaban J connectivity index is 1.83. The predicted molar refractivity (Wildman–Crippen MR) is 114 cm³/mol. The van der Waals surface area contributed by atoms with Crippen molar-refractivity contribution < 1.29 is 9.53 Å². The number of ether oxygens (including phenoxy) is 1. The normalized spacial score (nSPS) is 15.4. The lowest BCUT2D eigenvalue weighted by Gasteiger charge is -2.25. The maximum Gasteiger partial charge on any atom is 0.410 e. The quantitative estimate of drug-likeness (QED) is 0.769. The van der Waals surface area contributed by atoms with E-state index in [9.17, 15) is 9.59 Å². The van der Waals surface area contributed by atoms with Gasteiger partial charge in [-0.1, -0.05) is 17.7 Å². The summed E-state index contributed by atoms with van der Waals surface area (Å²) in [6.07, 6.45) is 2.27. The number of nitrogens with zero attached hydrogens (tertiary/aromatic N) is 3. The van der Waals surface area contributed by atoms with E-state index in [1.807, 2.05) is 20.8 Å². The molecule has 1 unspecified atom stereocenters. The van der Waals surface area contributed by atoms with E-state index >= 15 is 0 Å². The number of nitrogens with two attached hydrogens (primary N) is 1. The third-order valence-electron chi connectivity index (χ3n) is 4.97. The highest BCUT2D eigenvalue weighted by Gasteiger charge is 2.33. The molecule has 8 heteroatoms. The number of benzene rings is 1. The van der Waals surface area contributed by atoms with E-state index < -0.39 is 5.60 Å². The molecule has 1 aromatic heterocycles. The highest BCUT2D eigenvalue weighted by molar-refractivity contribution is 6.35. The molecule has 1 aromatic carbocycles. The van der Waals surface area contributed by atoms with Gasteiger partial charge >= 0.3 is 6.09 Å². The van der Waals surface area contributed by atoms with Crippen molar-refractivity contribution in [2.24, 2.45) is 11.7 Å². The summed E-state index contributed by atoms with van der Waals surface area (Å²) in [6.45, 7) is 6.33. The minimum atomic E-state index is -0.550. The summed E-state index contributed by atoms with van der Waals surface area (Å²) in [5.74, 6) is 0.946. The molecule has 0 spiro atoms. The maximum absolute atomic E-state index is 13.2. The molecule has 1 heterocycles. The second-order valence-corrected chi connectivity index (χ2v) is 9.09. The molecular formula is C21H29ClN4O3. The first-order valence-electron chi connectivity index (χ1n) is 9.97. The van der Waals surface area contributed by atoms with Crippen molar-refractivity contribution in [3.05, 3.63) is 39.4 Å². The van der Waals surface area contributed by atoms with Crippen LogP contribution in [0.2, 0.25) is 5.02 Å². The molecule has 1 atom stereocenters. The average molecular weight is 421 g/mol. The molecule has 1 fully saturated rings. The number of hydrogen-bond acceptors (Lipinski definition) is 5. The monoisotopic (exact) mass is 420 g/mol. The molecular weight excluding hydrogens is 392 g/mol. The van der Waals surface area contributed by atoms with Crippen LogP contribution >= 0.6 is 11.6 Å². The van der Waals surface area contributed by atoms with Gasteiger partial charge < -0.3 is 15.4 Å². The second-order valence-electron chi connectivity index (χ2n) is 8.68. The first-order valence-corrected chi connectivity index (χ1v) is 10.3. The molecule has 29 heavy (non-hydrogen) atoms. The van der Waals surface area contributed by atoms with Crippen molar-refractivity contribution >= 4 is 28.6 Å². The molecule has 1 amide bonds. The highest BCUT2D eigenvalue weighted by Crippen LogP contribution is 2.39. The van der Waals surface area contributed by atoms with E-state index in [0.717, 1.165) is 12.8 Å². The first kappa shape index (κ1) is 21.6. The fourth-order valence-electron chi connectivity index (χ4n) is 3.27. The maximum atomic E-state index is 13.2. The predicted octanol–water partition coefficient (Wildman–Crippen LogP) is 3.72. The zero-order chi connectivity index (χ0) is 21.3. The lowest BCUT2D eigenvalue weighted by Crippen LogP contribution is -2.36. The van der Waals surface area contributed by atoms with Gasteiger partial charge in [0.25, 0.3) is 5.56 Å². The molecule has 0 radical (unpaired) electrons. The van der Waals surface area contributed by atoms with Crippen LogP contribution in [-0.2, 0) is 11.3 Å². The van der Waals surface area contributed by atoms with E-state index in [1.54, 1.807) is 29.8 Å². The van der Waals surface area contributed by atoms with Crippen LogP contribution in [0.15, 0.2) is 23.0 Å². The van der Waals surface area contributed by atoms with Crippen LogP contribution in [0.25, 0.3) is 10.9 Å². The summed E-state index contributed by atoms with van der Waals surface area (Å²) in [4.78, 5) is 31.5. The van der Waals surface area contributed by atoms with Crippen LogP contribution in [0.4, 0.5) is 4.79 Å². The number of rotatable bonds is 6. The summed E-state index contributed by atoms with van der Waals surface area (Å²) in [7, 11) is 1.68. The Bertz CT molecular complexity index is 963. The van der Waals surface area contributed by atoms with Crippen molar-refractivity contribution in [2.45, 2.75) is 58.2 Å². The molecule has 0 aliphatic heterocycles. The molecule has 2 aromatic rings. The van der Waals surface area contributed by atoms with Gasteiger partial charge in [0.1, 0.15) is 11.4 Å². The van der Waals surface area contributed by atoms with Crippen LogP contribution in [0.1, 0.15) is 51.9 Å². The fraction of sp³-hybridized carbons (Fsp3) is 0.571. The number of carbonyl (C=O) groups excluding carboxylic acids is 1. The van der Waals surface area contributed by atoms with E-state index in [1.165, 1.54) is 4.90 Å². The molecule has 7 nitrogen and oxygen atoms in total. The van der Waals surface area contributed by atoms with Crippen molar-refractivity contribution in [1.82, 2.24) is 14.5 Å². The zero-order valence-corrected chi connectivity index (χ0v) is 18.2. The third kappa shape index (κ3) is 5.08. The number of carbonyl (C=O) groups is 1. The van der Waals surface area contributed by atoms with Gasteiger partial charge in [0.15, 0.2) is 0 Å². The molecule has 1 aliphatic rings. The Kier molecular flexibility index (Phi) is 6.19. The van der Waals surface area contributed by atoms with Crippen molar-refractivity contribution in [2.75, 3.05) is 13.6 Å². The smallest absolute Gasteiger partial charge is 0.410 e. The molecule has 0 saturated heterocycles. The van der Waals surface area contributed by atoms with Gasteiger partial charge in [-0.15, -0.1) is 0 Å². The summed E-state index contributed by atoms with van der Waals surface area (Å²) in [5, 5.41) is 0.785. The molecule has 0 bridgehead atoms. The Morgan fingerprint density at radius 3 is 2.72 bits per heavy atom. The van der Waals surface area contributed by atoms with Crippen molar-refractivity contribution in [3.8, 4) is 0 Å². The first-order chi connectivity index (χ1) is 13.6. The number of amides is 1. The van der Waals surface area contributed by atoms with Crippen LogP contribution < -0.4 is 11.3 Å². The number of hydrogen-bond donors (Lipinski definition) is 1. The SMILES string of the molecule is CN(CCCn1c(C(N)C2CC2)nc2cccc(Cl)c2c1=O)C(=O)OC(C)(C)C. The van der Waals surface area contributed by atoms with Crippen molar-refractivity contribution in [3.63, 3.8) is 0 Å². The topological polar surface area (TPSA) is 90.5 Å². The van der Waals surface area contributed by atoms with E-state index in [0.29, 0.717) is 47.2 Å². The Labute approximate surface area is 175 Å². The fourth-order valence-corrected chi connectivity index (χ4v) is 3.52. The molecule has 158 valence electrons. The zero-order valence-electron chi connectivity index (χ0n) is 17.4. The lowest BCUT2D eigenvalue weighted by molar-refractivity contribution is 0.0295. The van der Waals surface area contributed by atoms with Gasteiger partial charge in [-0.2, -0.15) is 0 Å². The van der Waals surface area contributed by atoms with Gasteiger partial charge in [-0.3, -0.25) is 9.36 Å². The Hall–Kier alpha value is -2.12. The minimum absolute atomic E-state index is 0.188. The molecule has 3 rings (SSSR count). The Morgan fingerprint density at radius 1 is 1.41 bits per heavy atom. The standard InChI is InChI=1S/C21H29ClN4O3/c1-21(2,3)29-20(28)25(4)11-6-12-26-18(17(23)13-9-10-13)24-15-8-5-7-14(22)16(15)19(26)27/h5,7-8,13,17H,6,9-12,23H2,1-4H3. The summed E-state index contributed by atoms with van der Waals surface area (Å²) in [5.41, 5.74) is 6.24. The molecule has 2 N–H and O–H groups in total. The molecule has 1 saturated carbocycles. The van der Waals surface area contributed by atoms with Gasteiger partial charge in [0.2, 0.25) is 0 Å². The highest BCUT2D eigenvalue weighted by atomic mass is 35.5. The van der Waals surface area contributed by atoms with Crippen LogP contribution in [0.3, 0.4) is 0 Å². The minimum Gasteiger partial charge on any atom is -0.444 e. The second kappa shape index (κ2) is 8.32. The van der Waals surface area contributed by atoms with Gasteiger partial charge in [-0.05, 0) is 58.1 Å². The van der Waals surface area contributed by atoms with Crippen LogP contribution in [-0.4, -0.2) is 39.7 Å². The van der Waals surface area contributed by atoms with Crippen molar-refractivity contribution in [1.29, 1.82) is 0 Å². The summed E-state index contributed by atoms with van der Waals surface area (Å²) < 4.78 is 6.99. The van der Waals surface area contributed by atoms with Gasteiger partial charge in [-0.25, -0.2) is 9.78 Å². The van der Waals surface area contributed by atoms with Crippen LogP contribution in [0.5, 0.6) is 0 Å². The average Bonchev–Trinajstić information content (AvgIpc) is 3.46. The Morgan fingerprint density at radius 2 is 2.10 bits per heavy atom. The largest absolute Gasteiger partial charge is 0.444 e. The van der Waals surface area contributed by atoms with Crippen LogP contribution in [0, 0.1) is 5.92 Å². The third-order valence-corrected chi connectivity index (χ3v) is 5.29. The summed E-state index contributed by atoms with van der Waals surface area (Å²) in [6, 6.07) is 4.97. The lowest BCUT2D eigenvalue weighted by atomic mass is 10.1. The summed E-state index contributed by atoms with van der Waals surface area (Å²) >= 11 is 6.27. The molecule has 1 aliphatic carbocycles.